The molecule has 0 radical (unpaired) electrons. The highest BCUT2D eigenvalue weighted by Gasteiger charge is 2.30. The molecule has 0 aromatic heterocycles. The zero-order valence-corrected chi connectivity index (χ0v) is 9.83. The molecular weight excluding hydrogens is 226 g/mol. The van der Waals surface area contributed by atoms with Crippen molar-refractivity contribution in [3.05, 3.63) is 34.9 Å². The second kappa shape index (κ2) is 4.85. The molecule has 1 aromatic rings. The second-order valence-electron chi connectivity index (χ2n) is 3.97. The zero-order valence-electron chi connectivity index (χ0n) is 9.07. The molecule has 1 fully saturated rings. The highest BCUT2D eigenvalue weighted by molar-refractivity contribution is 6.30. The number of carbonyl (C=O) groups excluding carboxylic acids is 1. The van der Waals surface area contributed by atoms with Gasteiger partial charge in [0, 0.05) is 11.6 Å². The molecule has 1 saturated heterocycles. The minimum Gasteiger partial charge on any atom is -0.468 e. The predicted molar refractivity (Wildman–Crippen MR) is 62.6 cm³/mol. The lowest BCUT2D eigenvalue weighted by atomic mass is 9.96. The Bertz CT molecular complexity index is 394. The summed E-state index contributed by atoms with van der Waals surface area (Å²) in [6, 6.07) is 7.59. The molecular formula is C12H14ClNO2. The lowest BCUT2D eigenvalue weighted by Crippen LogP contribution is -2.31. The van der Waals surface area contributed by atoms with Crippen LogP contribution in [-0.2, 0) is 9.53 Å². The summed E-state index contributed by atoms with van der Waals surface area (Å²) < 4.78 is 4.71. The van der Waals surface area contributed by atoms with Gasteiger partial charge in [-0.1, -0.05) is 23.7 Å². The van der Waals surface area contributed by atoms with E-state index in [9.17, 15) is 4.79 Å². The van der Waals surface area contributed by atoms with Crippen LogP contribution in [0, 0.1) is 0 Å². The van der Waals surface area contributed by atoms with Crippen molar-refractivity contribution in [3.63, 3.8) is 0 Å². The van der Waals surface area contributed by atoms with Crippen molar-refractivity contribution < 1.29 is 9.53 Å². The van der Waals surface area contributed by atoms with Gasteiger partial charge in [-0.15, -0.1) is 0 Å². The molecule has 1 heterocycles. The van der Waals surface area contributed by atoms with Gasteiger partial charge in [0.05, 0.1) is 7.11 Å². The number of halogens is 1. The maximum absolute atomic E-state index is 11.3. The Morgan fingerprint density at radius 2 is 2.38 bits per heavy atom. The number of nitrogens with one attached hydrogen (secondary N) is 1. The van der Waals surface area contributed by atoms with E-state index in [0.717, 1.165) is 18.0 Å². The number of benzene rings is 1. The Kier molecular flexibility index (Phi) is 3.46. The van der Waals surface area contributed by atoms with Gasteiger partial charge >= 0.3 is 5.97 Å². The fourth-order valence-electron chi connectivity index (χ4n) is 2.07. The molecule has 1 N–H and O–H groups in total. The van der Waals surface area contributed by atoms with Crippen molar-refractivity contribution in [2.24, 2.45) is 0 Å². The van der Waals surface area contributed by atoms with Crippen LogP contribution in [0.5, 0.6) is 0 Å². The van der Waals surface area contributed by atoms with Crippen LogP contribution in [0.4, 0.5) is 0 Å². The molecule has 2 atom stereocenters. The Morgan fingerprint density at radius 3 is 3.06 bits per heavy atom. The van der Waals surface area contributed by atoms with Crippen LogP contribution in [-0.4, -0.2) is 25.7 Å². The normalized spacial score (nSPS) is 24.4. The maximum atomic E-state index is 11.3. The first-order valence-electron chi connectivity index (χ1n) is 5.27. The molecule has 1 aliphatic rings. The summed E-state index contributed by atoms with van der Waals surface area (Å²) in [6.45, 7) is 0.792. The summed E-state index contributed by atoms with van der Waals surface area (Å²) in [5.41, 5.74) is 1.17. The standard InChI is InChI=1S/C12H14ClNO2/c1-16-12(15)11-6-9(7-14-11)8-3-2-4-10(13)5-8/h2-5,9,11,14H,6-7H2,1H3. The van der Waals surface area contributed by atoms with Crippen LogP contribution in [0.2, 0.25) is 5.02 Å². The Hall–Kier alpha value is -1.06. The number of esters is 1. The van der Waals surface area contributed by atoms with Crippen LogP contribution in [0.25, 0.3) is 0 Å². The van der Waals surface area contributed by atoms with E-state index in [0.29, 0.717) is 5.92 Å². The van der Waals surface area contributed by atoms with E-state index >= 15 is 0 Å². The van der Waals surface area contributed by atoms with E-state index in [1.165, 1.54) is 12.7 Å². The van der Waals surface area contributed by atoms with Crippen molar-refractivity contribution in [3.8, 4) is 0 Å². The van der Waals surface area contributed by atoms with Gasteiger partial charge in [0.25, 0.3) is 0 Å². The van der Waals surface area contributed by atoms with E-state index in [1.807, 2.05) is 24.3 Å². The Balaban J connectivity index is 2.06. The average Bonchev–Trinajstić information content (AvgIpc) is 2.77. The van der Waals surface area contributed by atoms with Crippen molar-refractivity contribution in [1.82, 2.24) is 5.32 Å². The third-order valence-electron chi connectivity index (χ3n) is 2.94. The van der Waals surface area contributed by atoms with E-state index in [1.54, 1.807) is 0 Å². The lowest BCUT2D eigenvalue weighted by Gasteiger charge is -2.09. The maximum Gasteiger partial charge on any atom is 0.322 e. The van der Waals surface area contributed by atoms with Gasteiger partial charge in [-0.25, -0.2) is 0 Å². The molecule has 0 spiro atoms. The van der Waals surface area contributed by atoms with Crippen molar-refractivity contribution in [1.29, 1.82) is 0 Å². The van der Waals surface area contributed by atoms with Gasteiger partial charge < -0.3 is 10.1 Å². The van der Waals surface area contributed by atoms with Gasteiger partial charge in [0.1, 0.15) is 6.04 Å². The molecule has 2 rings (SSSR count). The summed E-state index contributed by atoms with van der Waals surface area (Å²) in [7, 11) is 1.41. The number of hydrogen-bond acceptors (Lipinski definition) is 3. The van der Waals surface area contributed by atoms with Crippen LogP contribution < -0.4 is 5.32 Å². The van der Waals surface area contributed by atoms with Crippen LogP contribution in [0.3, 0.4) is 0 Å². The number of ether oxygens (including phenoxy) is 1. The fourth-order valence-corrected chi connectivity index (χ4v) is 2.27. The van der Waals surface area contributed by atoms with Crippen LogP contribution >= 0.6 is 11.6 Å². The molecule has 2 unspecified atom stereocenters. The molecule has 0 amide bonds. The van der Waals surface area contributed by atoms with Gasteiger partial charge in [-0.2, -0.15) is 0 Å². The largest absolute Gasteiger partial charge is 0.468 e. The molecule has 4 heteroatoms. The predicted octanol–water partition coefficient (Wildman–Crippen LogP) is 1.96. The van der Waals surface area contributed by atoms with E-state index in [2.05, 4.69) is 5.32 Å². The van der Waals surface area contributed by atoms with Gasteiger partial charge in [0.2, 0.25) is 0 Å². The third-order valence-corrected chi connectivity index (χ3v) is 3.17. The van der Waals surface area contributed by atoms with Crippen molar-refractivity contribution in [2.45, 2.75) is 18.4 Å². The summed E-state index contributed by atoms with van der Waals surface area (Å²) in [6.07, 6.45) is 0.771. The molecule has 16 heavy (non-hydrogen) atoms. The van der Waals surface area contributed by atoms with Crippen LogP contribution in [0.1, 0.15) is 17.9 Å². The van der Waals surface area contributed by atoms with Crippen molar-refractivity contribution >= 4 is 17.6 Å². The monoisotopic (exact) mass is 239 g/mol. The minimum atomic E-state index is -0.190. The summed E-state index contributed by atoms with van der Waals surface area (Å²) in [5.74, 6) is 0.146. The molecule has 0 saturated carbocycles. The first-order chi connectivity index (χ1) is 7.70. The minimum absolute atomic E-state index is 0.186. The first kappa shape index (κ1) is 11.4. The molecule has 1 aliphatic heterocycles. The smallest absolute Gasteiger partial charge is 0.322 e. The van der Waals surface area contributed by atoms with E-state index < -0.39 is 0 Å². The summed E-state index contributed by atoms with van der Waals surface area (Å²) >= 11 is 5.94. The van der Waals surface area contributed by atoms with E-state index in [-0.39, 0.29) is 12.0 Å². The van der Waals surface area contributed by atoms with Gasteiger partial charge in [-0.05, 0) is 30.0 Å². The Labute approximate surface area is 99.7 Å². The molecule has 3 nitrogen and oxygen atoms in total. The topological polar surface area (TPSA) is 38.3 Å². The fraction of sp³-hybridized carbons (Fsp3) is 0.417. The van der Waals surface area contributed by atoms with Gasteiger partial charge in [0.15, 0.2) is 0 Å². The summed E-state index contributed by atoms with van der Waals surface area (Å²) in [4.78, 5) is 11.3. The zero-order chi connectivity index (χ0) is 11.5. The average molecular weight is 240 g/mol. The number of methoxy groups -OCH3 is 1. The quantitative estimate of drug-likeness (QED) is 0.802. The molecule has 0 bridgehead atoms. The molecule has 86 valence electrons. The molecule has 0 aliphatic carbocycles. The molecule has 1 aromatic carbocycles. The van der Waals surface area contributed by atoms with Crippen LogP contribution in [0.15, 0.2) is 24.3 Å². The van der Waals surface area contributed by atoms with E-state index in [4.69, 9.17) is 16.3 Å². The van der Waals surface area contributed by atoms with Crippen molar-refractivity contribution in [2.75, 3.05) is 13.7 Å². The highest BCUT2D eigenvalue weighted by Crippen LogP contribution is 2.27. The highest BCUT2D eigenvalue weighted by atomic mass is 35.5. The number of rotatable bonds is 2. The summed E-state index contributed by atoms with van der Waals surface area (Å²) in [5, 5.41) is 3.89. The second-order valence-corrected chi connectivity index (χ2v) is 4.41. The van der Waals surface area contributed by atoms with Gasteiger partial charge in [-0.3, -0.25) is 4.79 Å². The lowest BCUT2D eigenvalue weighted by molar-refractivity contribution is -0.142. The SMILES string of the molecule is COC(=O)C1CC(c2cccc(Cl)c2)CN1. The number of hydrogen-bond donors (Lipinski definition) is 1. The number of carbonyl (C=O) groups is 1. The third kappa shape index (κ3) is 2.36. The first-order valence-corrected chi connectivity index (χ1v) is 5.65. The Morgan fingerprint density at radius 1 is 1.56 bits per heavy atom.